The third-order valence-corrected chi connectivity index (χ3v) is 1.27. The molecule has 0 radical (unpaired) electrons. The molecule has 1 aromatic rings. The molecule has 0 amide bonds. The van der Waals surface area contributed by atoms with Crippen molar-refractivity contribution >= 4 is 23.4 Å². The lowest BCUT2D eigenvalue weighted by molar-refractivity contribution is 1.33. The summed E-state index contributed by atoms with van der Waals surface area (Å²) in [5.41, 5.74) is 12.1. The Labute approximate surface area is 65.0 Å². The normalized spacial score (nSPS) is 10.6. The molecule has 0 aliphatic carbocycles. The fourth-order valence-electron chi connectivity index (χ4n) is 0.730. The van der Waals surface area contributed by atoms with Crippen molar-refractivity contribution in [2.24, 2.45) is 4.99 Å². The van der Waals surface area contributed by atoms with Crippen LogP contribution in [0.1, 0.15) is 6.92 Å². The predicted octanol–water partition coefficient (Wildman–Crippen LogP) is 0.968. The minimum absolute atomic E-state index is 0.327. The summed E-state index contributed by atoms with van der Waals surface area (Å²) in [4.78, 5) is 7.80. The molecule has 11 heavy (non-hydrogen) atoms. The Hall–Kier alpha value is -1.58. The fraction of sp³-hybridized carbons (Fsp3) is 0.143. The second-order valence-electron chi connectivity index (χ2n) is 2.02. The van der Waals surface area contributed by atoms with Crippen LogP contribution in [0.5, 0.6) is 0 Å². The third kappa shape index (κ3) is 1.46. The van der Waals surface area contributed by atoms with Crippen LogP contribution >= 0.6 is 0 Å². The molecule has 4 heteroatoms. The lowest BCUT2D eigenvalue weighted by atomic mass is 10.3. The number of hydrogen-bond donors (Lipinski definition) is 2. The molecule has 4 nitrogen and oxygen atoms in total. The Balaban J connectivity index is 3.16. The van der Waals surface area contributed by atoms with Crippen LogP contribution in [0.4, 0.5) is 17.2 Å². The van der Waals surface area contributed by atoms with E-state index in [1.54, 1.807) is 18.5 Å². The van der Waals surface area contributed by atoms with Crippen LogP contribution in [0.25, 0.3) is 0 Å². The maximum Gasteiger partial charge on any atom is 0.148 e. The first-order chi connectivity index (χ1) is 5.25. The summed E-state index contributed by atoms with van der Waals surface area (Å²) in [7, 11) is 0. The van der Waals surface area contributed by atoms with Gasteiger partial charge in [-0.3, -0.25) is 4.99 Å². The van der Waals surface area contributed by atoms with Crippen molar-refractivity contribution in [1.82, 2.24) is 4.98 Å². The van der Waals surface area contributed by atoms with Crippen molar-refractivity contribution in [1.29, 1.82) is 0 Å². The van der Waals surface area contributed by atoms with Crippen molar-refractivity contribution in [3.8, 4) is 0 Å². The summed E-state index contributed by atoms with van der Waals surface area (Å²) in [5, 5.41) is 0. The van der Waals surface area contributed by atoms with Gasteiger partial charge < -0.3 is 11.5 Å². The smallest absolute Gasteiger partial charge is 0.148 e. The number of rotatable bonds is 1. The summed E-state index contributed by atoms with van der Waals surface area (Å²) < 4.78 is 0. The number of aromatic nitrogens is 1. The molecular weight excluding hydrogens is 140 g/mol. The van der Waals surface area contributed by atoms with E-state index in [1.165, 1.54) is 0 Å². The fourth-order valence-corrected chi connectivity index (χ4v) is 0.730. The zero-order valence-corrected chi connectivity index (χ0v) is 6.28. The Bertz CT molecular complexity index is 280. The quantitative estimate of drug-likeness (QED) is 0.585. The highest BCUT2D eigenvalue weighted by atomic mass is 14.9. The second-order valence-corrected chi connectivity index (χ2v) is 2.02. The van der Waals surface area contributed by atoms with Gasteiger partial charge in [-0.05, 0) is 13.0 Å². The van der Waals surface area contributed by atoms with Gasteiger partial charge in [0, 0.05) is 12.4 Å². The van der Waals surface area contributed by atoms with Crippen LogP contribution < -0.4 is 11.5 Å². The minimum atomic E-state index is 0.327. The summed E-state index contributed by atoms with van der Waals surface area (Å²) in [5.74, 6) is 0.327. The highest BCUT2D eigenvalue weighted by molar-refractivity contribution is 5.76. The van der Waals surface area contributed by atoms with Crippen molar-refractivity contribution in [3.05, 3.63) is 12.3 Å². The first kappa shape index (κ1) is 7.53. The number of pyridine rings is 1. The van der Waals surface area contributed by atoms with E-state index in [2.05, 4.69) is 9.98 Å². The van der Waals surface area contributed by atoms with E-state index in [4.69, 9.17) is 11.5 Å². The van der Waals surface area contributed by atoms with Crippen molar-refractivity contribution < 1.29 is 0 Å². The molecule has 0 aromatic carbocycles. The van der Waals surface area contributed by atoms with Crippen molar-refractivity contribution in [2.75, 3.05) is 11.5 Å². The monoisotopic (exact) mass is 150 g/mol. The van der Waals surface area contributed by atoms with Crippen molar-refractivity contribution in [2.45, 2.75) is 6.92 Å². The Morgan fingerprint density at radius 1 is 1.55 bits per heavy atom. The highest BCUT2D eigenvalue weighted by Gasteiger charge is 1.99. The largest absolute Gasteiger partial charge is 0.394 e. The van der Waals surface area contributed by atoms with Gasteiger partial charge in [0.1, 0.15) is 11.5 Å². The van der Waals surface area contributed by atoms with Crippen LogP contribution in [0, 0.1) is 0 Å². The predicted molar refractivity (Wildman–Crippen MR) is 46.9 cm³/mol. The van der Waals surface area contributed by atoms with Gasteiger partial charge in [-0.15, -0.1) is 0 Å². The van der Waals surface area contributed by atoms with Gasteiger partial charge >= 0.3 is 0 Å². The minimum Gasteiger partial charge on any atom is -0.394 e. The molecule has 4 N–H and O–H groups in total. The molecule has 0 bridgehead atoms. The number of nitrogens with two attached hydrogens (primary N) is 2. The van der Waals surface area contributed by atoms with Gasteiger partial charge in [0.05, 0.1) is 5.69 Å². The molecule has 0 atom stereocenters. The SMILES string of the molecule is CC=Nc1ccnc(N)c1N. The summed E-state index contributed by atoms with van der Waals surface area (Å²) in [6.07, 6.45) is 3.24. The molecule has 0 aliphatic heterocycles. The Morgan fingerprint density at radius 2 is 2.27 bits per heavy atom. The second kappa shape index (κ2) is 3.01. The molecule has 0 spiro atoms. The average molecular weight is 150 g/mol. The molecule has 1 aromatic heterocycles. The number of hydrogen-bond acceptors (Lipinski definition) is 4. The van der Waals surface area contributed by atoms with Gasteiger partial charge in [-0.1, -0.05) is 0 Å². The number of anilines is 2. The van der Waals surface area contributed by atoms with Gasteiger partial charge in [-0.2, -0.15) is 0 Å². The van der Waals surface area contributed by atoms with Crippen molar-refractivity contribution in [3.63, 3.8) is 0 Å². The van der Waals surface area contributed by atoms with E-state index in [1.807, 2.05) is 6.92 Å². The van der Waals surface area contributed by atoms with E-state index in [-0.39, 0.29) is 0 Å². The molecule has 1 heterocycles. The lowest BCUT2D eigenvalue weighted by Crippen LogP contribution is -1.96. The van der Waals surface area contributed by atoms with E-state index in [0.717, 1.165) is 0 Å². The van der Waals surface area contributed by atoms with Crippen LogP contribution in [0.3, 0.4) is 0 Å². The van der Waals surface area contributed by atoms with E-state index in [9.17, 15) is 0 Å². The van der Waals surface area contributed by atoms with Crippen LogP contribution in [-0.4, -0.2) is 11.2 Å². The van der Waals surface area contributed by atoms with Gasteiger partial charge in [0.15, 0.2) is 0 Å². The molecule has 0 aliphatic rings. The van der Waals surface area contributed by atoms with E-state index < -0.39 is 0 Å². The molecule has 0 saturated heterocycles. The summed E-state index contributed by atoms with van der Waals surface area (Å²) in [6, 6.07) is 1.71. The Kier molecular flexibility index (Phi) is 2.06. The first-order valence-corrected chi connectivity index (χ1v) is 3.24. The highest BCUT2D eigenvalue weighted by Crippen LogP contribution is 2.24. The number of nitrogens with zero attached hydrogens (tertiary/aromatic N) is 2. The van der Waals surface area contributed by atoms with E-state index in [0.29, 0.717) is 17.2 Å². The molecule has 1 rings (SSSR count). The third-order valence-electron chi connectivity index (χ3n) is 1.27. The molecular formula is C7H10N4. The maximum absolute atomic E-state index is 5.57. The molecule has 58 valence electrons. The topological polar surface area (TPSA) is 77.3 Å². The standard InChI is InChI=1S/C7H10N4/c1-2-10-5-3-4-11-7(9)6(5)8/h2-4H,8H2,1H3,(H2,9,11). The summed E-state index contributed by atoms with van der Waals surface area (Å²) in [6.45, 7) is 1.82. The molecule has 0 saturated carbocycles. The lowest BCUT2D eigenvalue weighted by Gasteiger charge is -2.00. The van der Waals surface area contributed by atoms with Crippen LogP contribution in [0.2, 0.25) is 0 Å². The maximum atomic E-state index is 5.57. The molecule has 0 fully saturated rings. The average Bonchev–Trinajstić information content (AvgIpc) is 1.99. The van der Waals surface area contributed by atoms with Gasteiger partial charge in [0.2, 0.25) is 0 Å². The van der Waals surface area contributed by atoms with E-state index >= 15 is 0 Å². The zero-order valence-electron chi connectivity index (χ0n) is 6.28. The number of nitrogen functional groups attached to an aromatic ring is 2. The zero-order chi connectivity index (χ0) is 8.27. The van der Waals surface area contributed by atoms with Crippen LogP contribution in [-0.2, 0) is 0 Å². The van der Waals surface area contributed by atoms with Crippen LogP contribution in [0.15, 0.2) is 17.3 Å². The number of aliphatic imine (C=N–C) groups is 1. The Morgan fingerprint density at radius 3 is 2.91 bits per heavy atom. The molecule has 0 unspecified atom stereocenters. The first-order valence-electron chi connectivity index (χ1n) is 3.24. The summed E-state index contributed by atoms with van der Waals surface area (Å²) >= 11 is 0. The van der Waals surface area contributed by atoms with Gasteiger partial charge in [0.25, 0.3) is 0 Å². The van der Waals surface area contributed by atoms with Gasteiger partial charge in [-0.25, -0.2) is 4.98 Å².